The van der Waals surface area contributed by atoms with E-state index in [4.69, 9.17) is 16.7 Å². The molecule has 2 aromatic rings. The first-order chi connectivity index (χ1) is 12.9. The Bertz CT molecular complexity index is 874. The topological polar surface area (TPSA) is 96.6 Å². The van der Waals surface area contributed by atoms with Gasteiger partial charge in [0.2, 0.25) is 10.0 Å². The van der Waals surface area contributed by atoms with Crippen molar-refractivity contribution in [2.75, 3.05) is 19.6 Å². The molecule has 2 rings (SSSR count). The zero-order chi connectivity index (χ0) is 19.7. The zero-order valence-electron chi connectivity index (χ0n) is 15.7. The average molecular weight is 537 g/mol. The summed E-state index contributed by atoms with van der Waals surface area (Å²) in [7, 11) is -3.65. The average Bonchev–Trinajstić information content (AvgIpc) is 2.61. The van der Waals surface area contributed by atoms with Crippen LogP contribution in [-0.2, 0) is 22.9 Å². The number of nitrogens with zero attached hydrogens (tertiary/aromatic N) is 1. The first kappa shape index (κ1) is 24.7. The van der Waals surface area contributed by atoms with Crippen LogP contribution in [0, 0.1) is 0 Å². The maximum atomic E-state index is 11.3. The van der Waals surface area contributed by atoms with Crippen LogP contribution in [0.15, 0.2) is 58.4 Å². The fourth-order valence-corrected chi connectivity index (χ4v) is 3.23. The van der Waals surface area contributed by atoms with E-state index >= 15 is 0 Å². The summed E-state index contributed by atoms with van der Waals surface area (Å²) < 4.78 is 22.5. The fourth-order valence-electron chi connectivity index (χ4n) is 2.50. The van der Waals surface area contributed by atoms with E-state index in [0.717, 1.165) is 36.1 Å². The number of hydrogen-bond donors (Lipinski definition) is 3. The number of guanidine groups is 1. The van der Waals surface area contributed by atoms with Crippen LogP contribution in [0.4, 0.5) is 0 Å². The molecule has 0 saturated carbocycles. The van der Waals surface area contributed by atoms with Crippen LogP contribution in [0.3, 0.4) is 0 Å². The summed E-state index contributed by atoms with van der Waals surface area (Å²) in [4.78, 5) is 4.67. The molecule has 0 aliphatic rings. The van der Waals surface area contributed by atoms with Crippen molar-refractivity contribution in [1.29, 1.82) is 0 Å². The number of nitrogens with two attached hydrogens (primary N) is 1. The Morgan fingerprint density at radius 2 is 1.79 bits per heavy atom. The molecule has 0 saturated heterocycles. The summed E-state index contributed by atoms with van der Waals surface area (Å²) in [6.45, 7) is 4.11. The van der Waals surface area contributed by atoms with E-state index in [0.29, 0.717) is 13.0 Å². The molecule has 0 fully saturated rings. The molecule has 0 aliphatic heterocycles. The van der Waals surface area contributed by atoms with Gasteiger partial charge in [0.1, 0.15) is 0 Å². The Balaban J connectivity index is 0.00000392. The van der Waals surface area contributed by atoms with Gasteiger partial charge in [0.25, 0.3) is 0 Å². The summed E-state index contributed by atoms with van der Waals surface area (Å²) in [5.74, 6) is 0.751. The second kappa shape index (κ2) is 12.3. The van der Waals surface area contributed by atoms with Gasteiger partial charge < -0.3 is 10.6 Å². The van der Waals surface area contributed by atoms with Gasteiger partial charge in [-0.05, 0) is 55.2 Å². The van der Waals surface area contributed by atoms with Crippen LogP contribution in [0.25, 0.3) is 0 Å². The lowest BCUT2D eigenvalue weighted by Gasteiger charge is -2.11. The summed E-state index contributed by atoms with van der Waals surface area (Å²) in [5.41, 5.74) is 2.17. The summed E-state index contributed by atoms with van der Waals surface area (Å²) in [6.07, 6.45) is 1.55. The molecule has 154 valence electrons. The molecule has 2 aromatic carbocycles. The SMILES string of the molecule is CCNC(=NCCc1ccc(S(N)(=O)=O)cc1)NCCc1cccc(Cl)c1.I. The van der Waals surface area contributed by atoms with Crippen molar-refractivity contribution in [2.45, 2.75) is 24.7 Å². The van der Waals surface area contributed by atoms with Gasteiger partial charge in [-0.25, -0.2) is 13.6 Å². The van der Waals surface area contributed by atoms with Crippen LogP contribution in [-0.4, -0.2) is 34.0 Å². The van der Waals surface area contributed by atoms with Crippen molar-refractivity contribution in [3.8, 4) is 0 Å². The molecular weight excluding hydrogens is 511 g/mol. The van der Waals surface area contributed by atoms with E-state index in [1.807, 2.05) is 31.2 Å². The highest BCUT2D eigenvalue weighted by Gasteiger charge is 2.06. The van der Waals surface area contributed by atoms with E-state index in [9.17, 15) is 8.42 Å². The number of aliphatic imine (C=N–C) groups is 1. The zero-order valence-corrected chi connectivity index (χ0v) is 19.6. The third kappa shape index (κ3) is 8.76. The van der Waals surface area contributed by atoms with E-state index in [1.165, 1.54) is 17.7 Å². The first-order valence-electron chi connectivity index (χ1n) is 8.77. The van der Waals surface area contributed by atoms with Gasteiger partial charge in [0.05, 0.1) is 4.90 Å². The first-order valence-corrected chi connectivity index (χ1v) is 10.7. The van der Waals surface area contributed by atoms with Crippen molar-refractivity contribution in [1.82, 2.24) is 10.6 Å². The highest BCUT2D eigenvalue weighted by molar-refractivity contribution is 14.0. The van der Waals surface area contributed by atoms with Gasteiger partial charge in [-0.15, -0.1) is 24.0 Å². The van der Waals surface area contributed by atoms with Crippen LogP contribution in [0.1, 0.15) is 18.1 Å². The third-order valence-corrected chi connectivity index (χ3v) is 5.03. The van der Waals surface area contributed by atoms with E-state index in [2.05, 4.69) is 15.6 Å². The Morgan fingerprint density at radius 1 is 1.07 bits per heavy atom. The van der Waals surface area contributed by atoms with Crippen molar-refractivity contribution in [3.63, 3.8) is 0 Å². The minimum Gasteiger partial charge on any atom is -0.357 e. The van der Waals surface area contributed by atoms with Crippen LogP contribution in [0.5, 0.6) is 0 Å². The molecule has 0 heterocycles. The molecule has 6 nitrogen and oxygen atoms in total. The third-order valence-electron chi connectivity index (χ3n) is 3.86. The minimum absolute atomic E-state index is 0. The Labute approximate surface area is 189 Å². The maximum absolute atomic E-state index is 11.3. The number of primary sulfonamides is 1. The molecule has 0 aliphatic carbocycles. The standard InChI is InChI=1S/C19H25ClN4O2S.HI/c1-2-22-19(24-13-11-16-4-3-5-17(20)14-16)23-12-10-15-6-8-18(9-7-15)27(21,25)26;/h3-9,14H,2,10-13H2,1H3,(H2,21,25,26)(H2,22,23,24);1H. The second-order valence-corrected chi connectivity index (χ2v) is 8.00. The molecule has 0 spiro atoms. The van der Waals surface area contributed by atoms with Gasteiger partial charge in [0.15, 0.2) is 5.96 Å². The van der Waals surface area contributed by atoms with Crippen molar-refractivity contribution >= 4 is 51.6 Å². The Morgan fingerprint density at radius 3 is 2.39 bits per heavy atom. The smallest absolute Gasteiger partial charge is 0.238 e. The molecule has 28 heavy (non-hydrogen) atoms. The highest BCUT2D eigenvalue weighted by atomic mass is 127. The predicted octanol–water partition coefficient (Wildman–Crippen LogP) is 2.95. The van der Waals surface area contributed by atoms with Gasteiger partial charge in [-0.2, -0.15) is 0 Å². The van der Waals surface area contributed by atoms with Crippen LogP contribution in [0.2, 0.25) is 5.02 Å². The molecule has 0 unspecified atom stereocenters. The van der Waals surface area contributed by atoms with Crippen LogP contribution < -0.4 is 15.8 Å². The number of sulfonamides is 1. The highest BCUT2D eigenvalue weighted by Crippen LogP contribution is 2.11. The largest absolute Gasteiger partial charge is 0.357 e. The minimum atomic E-state index is -3.65. The summed E-state index contributed by atoms with van der Waals surface area (Å²) in [5, 5.41) is 12.4. The molecule has 0 bridgehead atoms. The molecule has 0 aromatic heterocycles. The summed E-state index contributed by atoms with van der Waals surface area (Å²) >= 11 is 6.00. The number of hydrogen-bond acceptors (Lipinski definition) is 3. The van der Waals surface area contributed by atoms with Gasteiger partial charge >= 0.3 is 0 Å². The van der Waals surface area contributed by atoms with E-state index in [-0.39, 0.29) is 28.9 Å². The Hall–Kier alpha value is -1.36. The van der Waals surface area contributed by atoms with Crippen molar-refractivity contribution in [2.24, 2.45) is 10.1 Å². The second-order valence-electron chi connectivity index (χ2n) is 6.01. The monoisotopic (exact) mass is 536 g/mol. The van der Waals surface area contributed by atoms with Crippen molar-refractivity contribution < 1.29 is 8.42 Å². The molecule has 0 amide bonds. The lowest BCUT2D eigenvalue weighted by molar-refractivity contribution is 0.598. The van der Waals surface area contributed by atoms with E-state index < -0.39 is 10.0 Å². The predicted molar refractivity (Wildman–Crippen MR) is 126 cm³/mol. The van der Waals surface area contributed by atoms with Crippen LogP contribution >= 0.6 is 35.6 Å². The number of rotatable bonds is 8. The molecule has 0 radical (unpaired) electrons. The number of benzene rings is 2. The quantitative estimate of drug-likeness (QED) is 0.275. The van der Waals surface area contributed by atoms with E-state index in [1.54, 1.807) is 12.1 Å². The summed E-state index contributed by atoms with van der Waals surface area (Å²) in [6, 6.07) is 14.4. The molecular formula is C19H26ClIN4O2S. The van der Waals surface area contributed by atoms with Gasteiger partial charge in [-0.3, -0.25) is 4.99 Å². The normalized spacial score (nSPS) is 11.6. The lowest BCUT2D eigenvalue weighted by Crippen LogP contribution is -2.38. The molecule has 4 N–H and O–H groups in total. The number of halogens is 2. The molecule has 0 atom stereocenters. The lowest BCUT2D eigenvalue weighted by atomic mass is 10.1. The van der Waals surface area contributed by atoms with Gasteiger partial charge in [0, 0.05) is 24.7 Å². The molecule has 9 heteroatoms. The van der Waals surface area contributed by atoms with Crippen molar-refractivity contribution in [3.05, 3.63) is 64.7 Å². The fraction of sp³-hybridized carbons (Fsp3) is 0.316. The van der Waals surface area contributed by atoms with Gasteiger partial charge in [-0.1, -0.05) is 35.9 Å². The Kier molecular flexibility index (Phi) is 10.8. The number of nitrogens with one attached hydrogen (secondary N) is 2. The maximum Gasteiger partial charge on any atom is 0.238 e.